The second kappa shape index (κ2) is 7.00. The summed E-state index contributed by atoms with van der Waals surface area (Å²) in [5, 5.41) is 2.20. The van der Waals surface area contributed by atoms with Crippen molar-refractivity contribution in [2.45, 2.75) is 6.92 Å². The Balaban J connectivity index is 2.02. The summed E-state index contributed by atoms with van der Waals surface area (Å²) in [7, 11) is 0. The Morgan fingerprint density at radius 3 is 2.40 bits per heavy atom. The fourth-order valence-corrected chi connectivity index (χ4v) is 2.51. The van der Waals surface area contributed by atoms with Gasteiger partial charge >= 0.3 is 6.03 Å². The second-order valence-corrected chi connectivity index (χ2v) is 5.26. The summed E-state index contributed by atoms with van der Waals surface area (Å²) in [6.45, 7) is 2.30. The molecule has 1 heterocycles. The molecule has 1 N–H and O–H groups in total. The van der Waals surface area contributed by atoms with Gasteiger partial charge in [0.2, 0.25) is 0 Å². The molecule has 1 fully saturated rings. The first kappa shape index (κ1) is 16.4. The number of amides is 4. The number of anilines is 1. The van der Waals surface area contributed by atoms with Crippen LogP contribution in [0.25, 0.3) is 6.08 Å². The summed E-state index contributed by atoms with van der Waals surface area (Å²) in [4.78, 5) is 38.0. The maximum atomic E-state index is 12.8. The zero-order valence-corrected chi connectivity index (χ0v) is 13.6. The summed E-state index contributed by atoms with van der Waals surface area (Å²) in [5.74, 6) is -0.846. The lowest BCUT2D eigenvalue weighted by molar-refractivity contribution is -0.122. The fraction of sp³-hybridized carbons (Fsp3) is 0.105. The van der Waals surface area contributed by atoms with E-state index in [1.807, 2.05) is 6.92 Å². The topological polar surface area (TPSA) is 75.7 Å². The number of carbonyl (C=O) groups is 3. The number of carbonyl (C=O) groups excluding carboxylic acids is 3. The SMILES string of the molecule is CCOc1ccccc1/C=C1\C(=O)NC(=O)N(c2ccccc2)C1=O. The van der Waals surface area contributed by atoms with Crippen LogP contribution >= 0.6 is 0 Å². The number of nitrogens with one attached hydrogen (secondary N) is 1. The van der Waals surface area contributed by atoms with E-state index in [1.165, 1.54) is 6.08 Å². The monoisotopic (exact) mass is 336 g/mol. The number of benzene rings is 2. The standard InChI is InChI=1S/C19H16N2O4/c1-2-25-16-11-7-6-8-13(16)12-15-17(22)20-19(24)21(18(15)23)14-9-4-3-5-10-14/h3-12H,2H2,1H3,(H,20,22,24)/b15-12+. The third-order valence-corrected chi connectivity index (χ3v) is 3.63. The maximum absolute atomic E-state index is 12.8. The highest BCUT2D eigenvalue weighted by molar-refractivity contribution is 6.39. The zero-order chi connectivity index (χ0) is 17.8. The summed E-state index contributed by atoms with van der Waals surface area (Å²) < 4.78 is 5.51. The van der Waals surface area contributed by atoms with Crippen molar-refractivity contribution in [2.75, 3.05) is 11.5 Å². The van der Waals surface area contributed by atoms with Crippen LogP contribution in [-0.2, 0) is 9.59 Å². The third-order valence-electron chi connectivity index (χ3n) is 3.63. The average molecular weight is 336 g/mol. The van der Waals surface area contributed by atoms with Gasteiger partial charge < -0.3 is 4.74 Å². The molecule has 1 saturated heterocycles. The molecule has 2 aromatic carbocycles. The molecule has 0 spiro atoms. The largest absolute Gasteiger partial charge is 0.493 e. The number of barbiturate groups is 1. The molecule has 25 heavy (non-hydrogen) atoms. The van der Waals surface area contributed by atoms with E-state index in [9.17, 15) is 14.4 Å². The van der Waals surface area contributed by atoms with Crippen molar-refractivity contribution in [3.05, 3.63) is 65.7 Å². The highest BCUT2D eigenvalue weighted by Gasteiger charge is 2.36. The minimum atomic E-state index is -0.767. The number of hydrogen-bond donors (Lipinski definition) is 1. The van der Waals surface area contributed by atoms with Gasteiger partial charge in [-0.1, -0.05) is 36.4 Å². The molecule has 1 aliphatic rings. The maximum Gasteiger partial charge on any atom is 0.335 e. The minimum absolute atomic E-state index is 0.129. The molecule has 0 radical (unpaired) electrons. The molecule has 3 rings (SSSR count). The van der Waals surface area contributed by atoms with Crippen LogP contribution in [0.4, 0.5) is 10.5 Å². The van der Waals surface area contributed by atoms with Crippen LogP contribution in [0.5, 0.6) is 5.75 Å². The molecular formula is C19H16N2O4. The molecule has 2 aromatic rings. The number of imide groups is 2. The molecule has 0 bridgehead atoms. The van der Waals surface area contributed by atoms with Gasteiger partial charge in [0.1, 0.15) is 11.3 Å². The molecule has 0 aliphatic carbocycles. The first-order chi connectivity index (χ1) is 12.1. The Morgan fingerprint density at radius 1 is 1.00 bits per heavy atom. The Kier molecular flexibility index (Phi) is 4.61. The van der Waals surface area contributed by atoms with Crippen molar-refractivity contribution < 1.29 is 19.1 Å². The van der Waals surface area contributed by atoms with Gasteiger partial charge in [0, 0.05) is 5.56 Å². The normalized spacial score (nSPS) is 16.1. The molecule has 4 amide bonds. The molecule has 6 nitrogen and oxygen atoms in total. The summed E-state index contributed by atoms with van der Waals surface area (Å²) >= 11 is 0. The number of para-hydroxylation sites is 2. The van der Waals surface area contributed by atoms with Gasteiger partial charge in [0.05, 0.1) is 12.3 Å². The van der Waals surface area contributed by atoms with E-state index in [2.05, 4.69) is 5.32 Å². The Labute approximate surface area is 144 Å². The third kappa shape index (κ3) is 3.28. The Bertz CT molecular complexity index is 859. The van der Waals surface area contributed by atoms with E-state index in [4.69, 9.17) is 4.74 Å². The molecule has 6 heteroatoms. The number of urea groups is 1. The minimum Gasteiger partial charge on any atom is -0.493 e. The molecule has 1 aliphatic heterocycles. The molecular weight excluding hydrogens is 320 g/mol. The van der Waals surface area contributed by atoms with E-state index in [0.29, 0.717) is 23.6 Å². The van der Waals surface area contributed by atoms with Gasteiger partial charge in [0.25, 0.3) is 11.8 Å². The first-order valence-corrected chi connectivity index (χ1v) is 7.80. The van der Waals surface area contributed by atoms with Crippen molar-refractivity contribution in [1.82, 2.24) is 5.32 Å². The van der Waals surface area contributed by atoms with E-state index < -0.39 is 17.8 Å². The van der Waals surface area contributed by atoms with Crippen molar-refractivity contribution in [3.63, 3.8) is 0 Å². The van der Waals surface area contributed by atoms with Crippen molar-refractivity contribution >= 4 is 29.6 Å². The molecule has 0 aromatic heterocycles. The highest BCUT2D eigenvalue weighted by atomic mass is 16.5. The summed E-state index contributed by atoms with van der Waals surface area (Å²) in [5.41, 5.74) is 0.849. The van der Waals surface area contributed by atoms with Gasteiger partial charge in [-0.3, -0.25) is 14.9 Å². The van der Waals surface area contributed by atoms with E-state index in [0.717, 1.165) is 4.90 Å². The number of hydrogen-bond acceptors (Lipinski definition) is 4. The van der Waals surface area contributed by atoms with Crippen LogP contribution in [0.3, 0.4) is 0 Å². The molecule has 0 unspecified atom stereocenters. The van der Waals surface area contributed by atoms with Crippen molar-refractivity contribution in [1.29, 1.82) is 0 Å². The number of nitrogens with zero attached hydrogens (tertiary/aromatic N) is 1. The lowest BCUT2D eigenvalue weighted by Crippen LogP contribution is -2.54. The molecule has 126 valence electrons. The molecule has 0 saturated carbocycles. The van der Waals surface area contributed by atoms with E-state index >= 15 is 0 Å². The second-order valence-electron chi connectivity index (χ2n) is 5.26. The van der Waals surface area contributed by atoms with Crippen LogP contribution in [0.15, 0.2) is 60.2 Å². The van der Waals surface area contributed by atoms with Crippen LogP contribution in [0, 0.1) is 0 Å². The van der Waals surface area contributed by atoms with Gasteiger partial charge in [-0.25, -0.2) is 9.69 Å². The smallest absolute Gasteiger partial charge is 0.335 e. The highest BCUT2D eigenvalue weighted by Crippen LogP contribution is 2.25. The van der Waals surface area contributed by atoms with Crippen LogP contribution in [-0.4, -0.2) is 24.5 Å². The Morgan fingerprint density at radius 2 is 1.68 bits per heavy atom. The summed E-state index contributed by atoms with van der Waals surface area (Å²) in [6.07, 6.45) is 1.44. The number of ether oxygens (including phenoxy) is 1. The predicted octanol–water partition coefficient (Wildman–Crippen LogP) is 2.75. The molecule has 0 atom stereocenters. The van der Waals surface area contributed by atoms with Gasteiger partial charge in [0.15, 0.2) is 0 Å². The Hall–Kier alpha value is -3.41. The summed E-state index contributed by atoms with van der Waals surface area (Å²) in [6, 6.07) is 14.7. The van der Waals surface area contributed by atoms with Crippen LogP contribution < -0.4 is 15.0 Å². The van der Waals surface area contributed by atoms with E-state index in [-0.39, 0.29) is 5.57 Å². The van der Waals surface area contributed by atoms with Crippen molar-refractivity contribution in [3.8, 4) is 5.75 Å². The first-order valence-electron chi connectivity index (χ1n) is 7.80. The van der Waals surface area contributed by atoms with Crippen LogP contribution in [0.1, 0.15) is 12.5 Å². The predicted molar refractivity (Wildman–Crippen MR) is 93.1 cm³/mol. The average Bonchev–Trinajstić information content (AvgIpc) is 2.61. The van der Waals surface area contributed by atoms with Gasteiger partial charge in [-0.15, -0.1) is 0 Å². The number of rotatable bonds is 4. The zero-order valence-electron chi connectivity index (χ0n) is 13.6. The van der Waals surface area contributed by atoms with E-state index in [1.54, 1.807) is 54.6 Å². The lowest BCUT2D eigenvalue weighted by Gasteiger charge is -2.26. The fourth-order valence-electron chi connectivity index (χ4n) is 2.51. The van der Waals surface area contributed by atoms with Crippen LogP contribution in [0.2, 0.25) is 0 Å². The van der Waals surface area contributed by atoms with Crippen molar-refractivity contribution in [2.24, 2.45) is 0 Å². The quantitative estimate of drug-likeness (QED) is 0.688. The van der Waals surface area contributed by atoms with Gasteiger partial charge in [-0.05, 0) is 31.2 Å². The lowest BCUT2D eigenvalue weighted by atomic mass is 10.1. The van der Waals surface area contributed by atoms with Gasteiger partial charge in [-0.2, -0.15) is 0 Å².